The Morgan fingerprint density at radius 1 is 0.731 bits per heavy atom. The summed E-state index contributed by atoms with van der Waals surface area (Å²) >= 11 is 0. The Morgan fingerprint density at radius 2 is 1.54 bits per heavy atom. The molecule has 1 saturated carbocycles. The van der Waals surface area contributed by atoms with Crippen LogP contribution in [0.1, 0.15) is 90.6 Å². The third-order valence-electron chi connectivity index (χ3n) is 12.5. The maximum atomic E-state index is 6.95. The summed E-state index contributed by atoms with van der Waals surface area (Å²) in [6, 6.07) is 36.2. The Labute approximate surface area is 306 Å². The zero-order chi connectivity index (χ0) is 34.9. The second-order valence-corrected chi connectivity index (χ2v) is 15.5. The van der Waals surface area contributed by atoms with Crippen molar-refractivity contribution in [3.8, 4) is 33.8 Å². The summed E-state index contributed by atoms with van der Waals surface area (Å²) in [7, 11) is 0. The highest BCUT2D eigenvalue weighted by atomic mass is 16.3. The molecule has 6 heterocycles. The molecule has 0 amide bonds. The van der Waals surface area contributed by atoms with Crippen molar-refractivity contribution in [2.24, 2.45) is 0 Å². The third-order valence-corrected chi connectivity index (χ3v) is 12.5. The second kappa shape index (κ2) is 12.4. The Morgan fingerprint density at radius 3 is 2.40 bits per heavy atom. The standard InChI is InChI=1S/C48H45N3O/c1-30-12-11-13-31(2)45(30)41-24-23-39-38-22-19-34-20-25-43-40(36-16-7-8-17-37(36)42-18-9-10-27-50(42)43)28-32(3)51-29-35(33-14-5-4-6-15-33)21-26-44(51)46(34)47(38)52-48(39)49-41/h7-13,16-19,21-24,26-27,29,33,40,43H,3-6,14-15,20,25,28H2,1-2H3/q+2. The Balaban J connectivity index is 1.19. The molecule has 7 aromatic rings. The van der Waals surface area contributed by atoms with Gasteiger partial charge in [0, 0.05) is 58.5 Å². The fraction of sp³-hybridized carbons (Fsp3) is 0.271. The van der Waals surface area contributed by atoms with Crippen molar-refractivity contribution in [3.05, 3.63) is 144 Å². The molecule has 1 aliphatic carbocycles. The van der Waals surface area contributed by atoms with E-state index in [0.29, 0.717) is 23.6 Å². The fourth-order valence-corrected chi connectivity index (χ4v) is 9.94. The largest absolute Gasteiger partial charge is 0.437 e. The lowest BCUT2D eigenvalue weighted by Crippen LogP contribution is -2.48. The van der Waals surface area contributed by atoms with Gasteiger partial charge in [-0.25, -0.2) is 4.98 Å². The van der Waals surface area contributed by atoms with Gasteiger partial charge in [-0.15, -0.1) is 0 Å². The van der Waals surface area contributed by atoms with E-state index < -0.39 is 0 Å². The number of hydrogen-bond acceptors (Lipinski definition) is 2. The molecule has 0 saturated heterocycles. The minimum atomic E-state index is 0.298. The Bertz CT molecular complexity index is 2530. The van der Waals surface area contributed by atoms with Crippen molar-refractivity contribution in [3.63, 3.8) is 0 Å². The van der Waals surface area contributed by atoms with Crippen molar-refractivity contribution >= 4 is 27.8 Å². The number of allylic oxidation sites excluding steroid dienone is 1. The number of pyridine rings is 3. The van der Waals surface area contributed by atoms with Gasteiger partial charge >= 0.3 is 0 Å². The summed E-state index contributed by atoms with van der Waals surface area (Å²) in [5.41, 5.74) is 16.5. The first kappa shape index (κ1) is 31.4. The summed E-state index contributed by atoms with van der Waals surface area (Å²) in [6.07, 6.45) is 14.0. The van der Waals surface area contributed by atoms with E-state index in [0.717, 1.165) is 52.7 Å². The average molecular weight is 680 g/mol. The highest BCUT2D eigenvalue weighted by molar-refractivity contribution is 6.09. The molecule has 256 valence electrons. The number of furan rings is 1. The van der Waals surface area contributed by atoms with Gasteiger partial charge in [-0.1, -0.05) is 67.8 Å². The first-order valence-corrected chi connectivity index (χ1v) is 19.3. The van der Waals surface area contributed by atoms with Gasteiger partial charge < -0.3 is 4.42 Å². The Hall–Kier alpha value is -5.35. The number of nitrogens with zero attached hydrogens (tertiary/aromatic N) is 3. The van der Waals surface area contributed by atoms with Gasteiger partial charge in [0.05, 0.1) is 17.2 Å². The van der Waals surface area contributed by atoms with Crippen LogP contribution in [0.2, 0.25) is 0 Å². The van der Waals surface area contributed by atoms with Gasteiger partial charge in [-0.3, -0.25) is 0 Å². The van der Waals surface area contributed by atoms with Gasteiger partial charge in [0.25, 0.3) is 0 Å². The summed E-state index contributed by atoms with van der Waals surface area (Å²) in [4.78, 5) is 5.18. The van der Waals surface area contributed by atoms with Crippen molar-refractivity contribution < 1.29 is 13.6 Å². The molecule has 0 radical (unpaired) electrons. The normalized spacial score (nSPS) is 18.7. The van der Waals surface area contributed by atoms with Gasteiger partial charge in [0.1, 0.15) is 0 Å². The van der Waals surface area contributed by atoms with Crippen LogP contribution in [0.5, 0.6) is 0 Å². The number of hydrogen-bond donors (Lipinski definition) is 0. The number of fused-ring (bicyclic) bond motifs is 13. The maximum Gasteiger partial charge on any atom is 0.227 e. The van der Waals surface area contributed by atoms with Crippen LogP contribution in [-0.2, 0) is 6.42 Å². The number of rotatable bonds is 2. The molecule has 3 aliphatic rings. The first-order chi connectivity index (χ1) is 25.5. The summed E-state index contributed by atoms with van der Waals surface area (Å²) < 4.78 is 11.9. The highest BCUT2D eigenvalue weighted by Crippen LogP contribution is 2.46. The van der Waals surface area contributed by atoms with E-state index in [9.17, 15) is 0 Å². The molecule has 2 unspecified atom stereocenters. The van der Waals surface area contributed by atoms with E-state index in [1.807, 2.05) is 0 Å². The van der Waals surface area contributed by atoms with E-state index >= 15 is 0 Å². The molecule has 0 spiro atoms. The van der Waals surface area contributed by atoms with E-state index in [2.05, 4.69) is 132 Å². The van der Waals surface area contributed by atoms with E-state index in [1.165, 1.54) is 82.3 Å². The fourth-order valence-electron chi connectivity index (χ4n) is 9.94. The maximum absolute atomic E-state index is 6.95. The first-order valence-electron chi connectivity index (χ1n) is 19.3. The molecule has 0 bridgehead atoms. The molecule has 3 aromatic carbocycles. The van der Waals surface area contributed by atoms with Crippen LogP contribution in [0.15, 0.2) is 120 Å². The molecule has 4 nitrogen and oxygen atoms in total. The van der Waals surface area contributed by atoms with Crippen LogP contribution >= 0.6 is 0 Å². The topological polar surface area (TPSA) is 33.8 Å². The molecule has 4 heteroatoms. The SMILES string of the molecule is C=C1CC2c3ccccc3-c3cccc[n+]3C2CCc2ccc3c(oc4nc(-c5c(C)cccc5C)ccc43)c2-c2ccc(C3CCCCC3)c[n+]21. The minimum Gasteiger partial charge on any atom is -0.437 e. The molecule has 2 aliphatic heterocycles. The van der Waals surface area contributed by atoms with E-state index in [1.54, 1.807) is 0 Å². The predicted molar refractivity (Wildman–Crippen MR) is 210 cm³/mol. The molecular weight excluding hydrogens is 635 g/mol. The molecule has 10 rings (SSSR count). The van der Waals surface area contributed by atoms with Gasteiger partial charge in [0.15, 0.2) is 29.7 Å². The number of aryl methyl sites for hydroxylation is 3. The quantitative estimate of drug-likeness (QED) is 0.170. The van der Waals surface area contributed by atoms with Crippen molar-refractivity contribution in [1.82, 2.24) is 4.98 Å². The second-order valence-electron chi connectivity index (χ2n) is 15.5. The zero-order valence-corrected chi connectivity index (χ0v) is 30.2. The third kappa shape index (κ3) is 4.98. The monoisotopic (exact) mass is 679 g/mol. The molecule has 0 N–H and O–H groups in total. The lowest BCUT2D eigenvalue weighted by Gasteiger charge is -2.31. The van der Waals surface area contributed by atoms with Crippen molar-refractivity contribution in [2.75, 3.05) is 0 Å². The lowest BCUT2D eigenvalue weighted by atomic mass is 9.77. The van der Waals surface area contributed by atoms with Crippen LogP contribution in [0.25, 0.3) is 61.5 Å². The van der Waals surface area contributed by atoms with Crippen molar-refractivity contribution in [1.29, 1.82) is 0 Å². The number of aromatic nitrogens is 3. The molecule has 2 atom stereocenters. The molecular formula is C48H45N3O+2. The van der Waals surface area contributed by atoms with Gasteiger partial charge in [-0.05, 0) is 98.2 Å². The van der Waals surface area contributed by atoms with Crippen LogP contribution < -0.4 is 9.13 Å². The highest BCUT2D eigenvalue weighted by Gasteiger charge is 2.42. The molecule has 1 fully saturated rings. The van der Waals surface area contributed by atoms with Crippen LogP contribution in [0, 0.1) is 13.8 Å². The van der Waals surface area contributed by atoms with Crippen molar-refractivity contribution in [2.45, 2.75) is 83.1 Å². The zero-order valence-electron chi connectivity index (χ0n) is 30.2. The van der Waals surface area contributed by atoms with Gasteiger partial charge in [-0.2, -0.15) is 9.13 Å². The van der Waals surface area contributed by atoms with Crippen LogP contribution in [0.3, 0.4) is 0 Å². The van der Waals surface area contributed by atoms with Crippen LogP contribution in [0.4, 0.5) is 0 Å². The van der Waals surface area contributed by atoms with Crippen LogP contribution in [-0.4, -0.2) is 4.98 Å². The Kier molecular flexibility index (Phi) is 7.49. The lowest BCUT2D eigenvalue weighted by molar-refractivity contribution is -0.719. The molecule has 4 aromatic heterocycles. The van der Waals surface area contributed by atoms with Gasteiger partial charge in [0.2, 0.25) is 17.1 Å². The number of benzene rings is 3. The summed E-state index contributed by atoms with van der Waals surface area (Å²) in [5.74, 6) is 0.903. The van der Waals surface area contributed by atoms with E-state index in [4.69, 9.17) is 16.0 Å². The summed E-state index contributed by atoms with van der Waals surface area (Å²) in [6.45, 7) is 9.23. The minimum absolute atomic E-state index is 0.298. The predicted octanol–water partition coefficient (Wildman–Crippen LogP) is 11.4. The smallest absolute Gasteiger partial charge is 0.227 e. The summed E-state index contributed by atoms with van der Waals surface area (Å²) in [5, 5.41) is 2.17. The van der Waals surface area contributed by atoms with E-state index in [-0.39, 0.29) is 0 Å². The average Bonchev–Trinajstić information content (AvgIpc) is 3.55. The molecule has 52 heavy (non-hydrogen) atoms.